The van der Waals surface area contributed by atoms with E-state index in [9.17, 15) is 0 Å². The third kappa shape index (κ3) is 4.77. The Hall–Kier alpha value is -0.870. The Balaban J connectivity index is 2.32. The molecule has 1 aromatic rings. The molecule has 0 saturated carbocycles. The molecule has 92 valence electrons. The minimum Gasteiger partial charge on any atom is -0.385 e. The molecular formula is C12H23N3O. The quantitative estimate of drug-likeness (QED) is 0.686. The lowest BCUT2D eigenvalue weighted by Gasteiger charge is -2.10. The summed E-state index contributed by atoms with van der Waals surface area (Å²) in [4.78, 5) is 4.36. The molecule has 0 spiro atoms. The smallest absolute Gasteiger partial charge is 0.122 e. The average Bonchev–Trinajstić information content (AvgIpc) is 2.69. The van der Waals surface area contributed by atoms with E-state index in [1.165, 1.54) is 0 Å². The van der Waals surface area contributed by atoms with Gasteiger partial charge in [-0.15, -0.1) is 0 Å². The van der Waals surface area contributed by atoms with Gasteiger partial charge in [-0.3, -0.25) is 0 Å². The normalized spacial score (nSPS) is 11.2. The second-order valence-electron chi connectivity index (χ2n) is 4.27. The van der Waals surface area contributed by atoms with Crippen LogP contribution in [0.4, 0.5) is 0 Å². The molecule has 0 saturated heterocycles. The molecule has 0 aliphatic heterocycles. The topological polar surface area (TPSA) is 39.1 Å². The Kier molecular flexibility index (Phi) is 6.11. The van der Waals surface area contributed by atoms with Crippen molar-refractivity contribution in [3.05, 3.63) is 18.2 Å². The number of rotatable bonds is 8. The van der Waals surface area contributed by atoms with Gasteiger partial charge in [0.25, 0.3) is 0 Å². The molecule has 16 heavy (non-hydrogen) atoms. The van der Waals surface area contributed by atoms with Crippen molar-refractivity contribution in [3.63, 3.8) is 0 Å². The van der Waals surface area contributed by atoms with Crippen LogP contribution in [0.15, 0.2) is 12.4 Å². The van der Waals surface area contributed by atoms with Crippen LogP contribution < -0.4 is 5.32 Å². The zero-order valence-electron chi connectivity index (χ0n) is 10.6. The number of aryl methyl sites for hydroxylation is 1. The third-order valence-electron chi connectivity index (χ3n) is 2.47. The van der Waals surface area contributed by atoms with Crippen LogP contribution in [0.5, 0.6) is 0 Å². The highest BCUT2D eigenvalue weighted by atomic mass is 16.5. The molecular weight excluding hydrogens is 202 g/mol. The minimum atomic E-state index is 0.499. The molecule has 0 bridgehead atoms. The second-order valence-corrected chi connectivity index (χ2v) is 4.27. The molecule has 0 unspecified atom stereocenters. The van der Waals surface area contributed by atoms with Crippen LogP contribution in [0.1, 0.15) is 32.5 Å². The number of nitrogens with zero attached hydrogens (tertiary/aromatic N) is 2. The predicted molar refractivity (Wildman–Crippen MR) is 65.3 cm³/mol. The molecule has 1 rings (SSSR count). The molecule has 0 aliphatic rings. The van der Waals surface area contributed by atoms with Crippen molar-refractivity contribution >= 4 is 0 Å². The monoisotopic (exact) mass is 225 g/mol. The molecule has 1 N–H and O–H groups in total. The van der Waals surface area contributed by atoms with E-state index >= 15 is 0 Å². The molecule has 0 fully saturated rings. The third-order valence-corrected chi connectivity index (χ3v) is 2.47. The van der Waals surface area contributed by atoms with E-state index in [1.54, 1.807) is 7.11 Å². The lowest BCUT2D eigenvalue weighted by Crippen LogP contribution is -2.24. The van der Waals surface area contributed by atoms with Crippen LogP contribution in [0, 0.1) is 0 Å². The van der Waals surface area contributed by atoms with E-state index in [0.29, 0.717) is 6.04 Å². The highest BCUT2D eigenvalue weighted by Gasteiger charge is 2.02. The predicted octanol–water partition coefficient (Wildman–Crippen LogP) is 1.81. The van der Waals surface area contributed by atoms with Crippen molar-refractivity contribution in [1.29, 1.82) is 0 Å². The molecule has 1 heterocycles. The summed E-state index contributed by atoms with van der Waals surface area (Å²) < 4.78 is 7.25. The van der Waals surface area contributed by atoms with Gasteiger partial charge in [-0.2, -0.15) is 0 Å². The maximum absolute atomic E-state index is 5.03. The van der Waals surface area contributed by atoms with Crippen LogP contribution in [-0.4, -0.2) is 29.3 Å². The number of hydrogen-bond acceptors (Lipinski definition) is 3. The molecule has 4 nitrogen and oxygen atoms in total. The molecule has 0 aliphatic carbocycles. The van der Waals surface area contributed by atoms with E-state index in [-0.39, 0.29) is 0 Å². The molecule has 0 atom stereocenters. The second kappa shape index (κ2) is 7.41. The molecule has 0 amide bonds. The number of unbranched alkanes of at least 4 members (excludes halogenated alkanes) is 1. The maximum atomic E-state index is 5.03. The fraction of sp³-hybridized carbons (Fsp3) is 0.750. The van der Waals surface area contributed by atoms with Gasteiger partial charge in [0.15, 0.2) is 0 Å². The van der Waals surface area contributed by atoms with Crippen LogP contribution in [-0.2, 0) is 17.8 Å². The Bertz CT molecular complexity index is 284. The van der Waals surface area contributed by atoms with Crippen molar-refractivity contribution in [2.24, 2.45) is 0 Å². The Morgan fingerprint density at radius 2 is 2.25 bits per heavy atom. The minimum absolute atomic E-state index is 0.499. The van der Waals surface area contributed by atoms with Gasteiger partial charge in [0.05, 0.1) is 6.54 Å². The first-order valence-electron chi connectivity index (χ1n) is 5.96. The maximum Gasteiger partial charge on any atom is 0.122 e. The van der Waals surface area contributed by atoms with Crippen LogP contribution in [0.3, 0.4) is 0 Å². The first-order valence-corrected chi connectivity index (χ1v) is 5.96. The van der Waals surface area contributed by atoms with Gasteiger partial charge >= 0.3 is 0 Å². The van der Waals surface area contributed by atoms with Crippen molar-refractivity contribution in [3.8, 4) is 0 Å². The number of ether oxygens (including phenoxy) is 1. The zero-order chi connectivity index (χ0) is 11.8. The number of nitrogens with one attached hydrogen (secondary N) is 1. The summed E-state index contributed by atoms with van der Waals surface area (Å²) in [6.07, 6.45) is 6.16. The number of hydrogen-bond donors (Lipinski definition) is 1. The number of aromatic nitrogens is 2. The van der Waals surface area contributed by atoms with Gasteiger partial charge in [-0.25, -0.2) is 4.98 Å². The van der Waals surface area contributed by atoms with Crippen molar-refractivity contribution in [2.45, 2.75) is 45.8 Å². The first kappa shape index (κ1) is 13.2. The summed E-state index contributed by atoms with van der Waals surface area (Å²) in [5.74, 6) is 1.12. The number of methoxy groups -OCH3 is 1. The lowest BCUT2D eigenvalue weighted by atomic mass is 10.3. The van der Waals surface area contributed by atoms with Crippen molar-refractivity contribution in [1.82, 2.24) is 14.9 Å². The summed E-state index contributed by atoms with van der Waals surface area (Å²) in [6.45, 7) is 7.00. The highest BCUT2D eigenvalue weighted by molar-refractivity contribution is 4.92. The van der Waals surface area contributed by atoms with E-state index in [0.717, 1.165) is 38.4 Å². The fourth-order valence-electron chi connectivity index (χ4n) is 1.53. The van der Waals surface area contributed by atoms with Crippen LogP contribution >= 0.6 is 0 Å². The van der Waals surface area contributed by atoms with E-state index < -0.39 is 0 Å². The van der Waals surface area contributed by atoms with Gasteiger partial charge < -0.3 is 14.6 Å². The molecule has 4 heteroatoms. The summed E-state index contributed by atoms with van der Waals surface area (Å²) in [5.41, 5.74) is 0. The summed E-state index contributed by atoms with van der Waals surface area (Å²) in [6, 6.07) is 0.499. The van der Waals surface area contributed by atoms with E-state index in [1.807, 2.05) is 12.4 Å². The summed E-state index contributed by atoms with van der Waals surface area (Å²) in [7, 11) is 1.75. The van der Waals surface area contributed by atoms with E-state index in [4.69, 9.17) is 4.74 Å². The van der Waals surface area contributed by atoms with Gasteiger partial charge in [0.1, 0.15) is 5.82 Å². The summed E-state index contributed by atoms with van der Waals surface area (Å²) in [5, 5.41) is 3.38. The van der Waals surface area contributed by atoms with E-state index in [2.05, 4.69) is 28.7 Å². The van der Waals surface area contributed by atoms with Crippen molar-refractivity contribution < 1.29 is 4.74 Å². The first-order chi connectivity index (χ1) is 7.74. The lowest BCUT2D eigenvalue weighted by molar-refractivity contribution is 0.191. The standard InChI is InChI=1S/C12H23N3O/c1-11(2)14-10-12-13-6-8-15(12)7-4-5-9-16-3/h6,8,11,14H,4-5,7,9-10H2,1-3H3. The largest absolute Gasteiger partial charge is 0.385 e. The Morgan fingerprint density at radius 1 is 1.44 bits per heavy atom. The van der Waals surface area contributed by atoms with Gasteiger partial charge in [0.2, 0.25) is 0 Å². The molecule has 0 aromatic carbocycles. The fourth-order valence-corrected chi connectivity index (χ4v) is 1.53. The van der Waals surface area contributed by atoms with Crippen LogP contribution in [0.2, 0.25) is 0 Å². The molecule has 0 radical (unpaired) electrons. The Morgan fingerprint density at radius 3 is 2.94 bits per heavy atom. The van der Waals surface area contributed by atoms with Gasteiger partial charge in [-0.1, -0.05) is 13.8 Å². The van der Waals surface area contributed by atoms with Gasteiger partial charge in [-0.05, 0) is 12.8 Å². The summed E-state index contributed by atoms with van der Waals surface area (Å²) >= 11 is 0. The van der Waals surface area contributed by atoms with Crippen molar-refractivity contribution in [2.75, 3.05) is 13.7 Å². The average molecular weight is 225 g/mol. The Labute approximate surface area is 98.0 Å². The number of imidazole rings is 1. The molecule has 1 aromatic heterocycles. The highest BCUT2D eigenvalue weighted by Crippen LogP contribution is 2.01. The SMILES string of the molecule is COCCCCn1ccnc1CNC(C)C. The van der Waals surface area contributed by atoms with Crippen LogP contribution in [0.25, 0.3) is 0 Å². The zero-order valence-corrected chi connectivity index (χ0v) is 10.6. The van der Waals surface area contributed by atoms with Gasteiger partial charge in [0, 0.05) is 38.7 Å².